The Balaban J connectivity index is 2.07. The average molecular weight is 521 g/mol. The van der Waals surface area contributed by atoms with Crippen molar-refractivity contribution in [2.75, 3.05) is 19.8 Å². The normalized spacial score (nSPS) is 12.1. The molecule has 0 aliphatic heterocycles. The van der Waals surface area contributed by atoms with Gasteiger partial charge in [0, 0.05) is 25.9 Å². The number of nitrogens with one attached hydrogen (secondary N) is 1. The van der Waals surface area contributed by atoms with Crippen LogP contribution in [-0.4, -0.2) is 53.6 Å². The number of ether oxygens (including phenoxy) is 1. The van der Waals surface area contributed by atoms with Gasteiger partial charge < -0.3 is 20.1 Å². The maximum atomic E-state index is 13.3. The summed E-state index contributed by atoms with van der Waals surface area (Å²) in [4.78, 5) is 40.2. The summed E-state index contributed by atoms with van der Waals surface area (Å²) in [5.41, 5.74) is 1.94. The highest BCUT2D eigenvalue weighted by molar-refractivity contribution is 5.86. The van der Waals surface area contributed by atoms with Gasteiger partial charge in [0.2, 0.25) is 11.8 Å². The second-order valence-electron chi connectivity index (χ2n) is 9.21. The minimum Gasteiger partial charge on any atom is -0.463 e. The Labute approximate surface area is 226 Å². The molecule has 2 aromatic rings. The molecule has 0 heterocycles. The zero-order chi connectivity index (χ0) is 27.6. The van der Waals surface area contributed by atoms with E-state index >= 15 is 0 Å². The molecule has 7 heteroatoms. The zero-order valence-electron chi connectivity index (χ0n) is 22.1. The third-order valence-electron chi connectivity index (χ3n) is 6.09. The van der Waals surface area contributed by atoms with Gasteiger partial charge in [-0.05, 0) is 36.8 Å². The second-order valence-corrected chi connectivity index (χ2v) is 9.21. The molecule has 0 spiro atoms. The number of hydrogen-bond donors (Lipinski definition) is 2. The molecule has 0 radical (unpaired) electrons. The number of nitrogens with zero attached hydrogens (tertiary/aromatic N) is 1. The van der Waals surface area contributed by atoms with Crippen molar-refractivity contribution >= 4 is 17.8 Å². The topological polar surface area (TPSA) is 95.9 Å². The fourth-order valence-corrected chi connectivity index (χ4v) is 4.07. The molecule has 2 aromatic carbocycles. The fourth-order valence-electron chi connectivity index (χ4n) is 4.07. The number of carbonyl (C=O) groups is 3. The molecular formula is C31H40N2O5. The molecule has 0 aromatic heterocycles. The van der Waals surface area contributed by atoms with E-state index in [9.17, 15) is 19.5 Å². The van der Waals surface area contributed by atoms with Gasteiger partial charge in [0.25, 0.3) is 0 Å². The minimum atomic E-state index is -0.640. The van der Waals surface area contributed by atoms with Crippen molar-refractivity contribution < 1.29 is 24.2 Å². The van der Waals surface area contributed by atoms with Crippen molar-refractivity contribution in [1.29, 1.82) is 0 Å². The summed E-state index contributed by atoms with van der Waals surface area (Å²) in [6, 6.07) is 18.7. The Morgan fingerprint density at radius 1 is 0.974 bits per heavy atom. The number of rotatable bonds is 18. The smallest absolute Gasteiger partial charge is 0.305 e. The molecule has 0 saturated carbocycles. The number of unbranched alkanes of at least 4 members (excludes halogenated alkanes) is 1. The van der Waals surface area contributed by atoms with Crippen molar-refractivity contribution in [3.63, 3.8) is 0 Å². The van der Waals surface area contributed by atoms with Crippen LogP contribution in [0, 0.1) is 5.92 Å². The summed E-state index contributed by atoms with van der Waals surface area (Å²) in [7, 11) is 0. The fraction of sp³-hybridized carbons (Fsp3) is 0.387. The van der Waals surface area contributed by atoms with Gasteiger partial charge in [-0.15, -0.1) is 13.2 Å². The molecule has 0 saturated heterocycles. The number of allylic oxidation sites excluding steroid dienone is 2. The summed E-state index contributed by atoms with van der Waals surface area (Å²) in [6.07, 6.45) is 5.83. The minimum absolute atomic E-state index is 0.0237. The number of aliphatic hydroxyl groups excluding tert-OH is 1. The van der Waals surface area contributed by atoms with Gasteiger partial charge in [-0.1, -0.05) is 72.8 Å². The van der Waals surface area contributed by atoms with Crippen molar-refractivity contribution in [2.24, 2.45) is 5.92 Å². The van der Waals surface area contributed by atoms with Gasteiger partial charge in [-0.25, -0.2) is 0 Å². The van der Waals surface area contributed by atoms with Crippen LogP contribution >= 0.6 is 0 Å². The molecule has 0 aliphatic rings. The Bertz CT molecular complexity index is 1010. The Hall–Kier alpha value is -3.71. The third-order valence-corrected chi connectivity index (χ3v) is 6.09. The summed E-state index contributed by atoms with van der Waals surface area (Å²) in [5.74, 6) is -1.49. The monoisotopic (exact) mass is 520 g/mol. The van der Waals surface area contributed by atoms with E-state index in [-0.39, 0.29) is 50.4 Å². The first-order valence-corrected chi connectivity index (χ1v) is 13.1. The predicted octanol–water partition coefficient (Wildman–Crippen LogP) is 4.22. The molecule has 2 N–H and O–H groups in total. The summed E-state index contributed by atoms with van der Waals surface area (Å²) < 4.78 is 5.47. The summed E-state index contributed by atoms with van der Waals surface area (Å²) in [6.45, 7) is 7.80. The molecule has 38 heavy (non-hydrogen) atoms. The Kier molecular flexibility index (Phi) is 14.2. The second kappa shape index (κ2) is 17.7. The third kappa shape index (κ3) is 11.6. The quantitative estimate of drug-likeness (QED) is 0.174. The van der Waals surface area contributed by atoms with Crippen LogP contribution in [0.5, 0.6) is 0 Å². The SMILES string of the molecule is C=CCCCC(=O)OC[C@@H](Cc1ccccc1)NC(=O)[C@H](CC=C)CC(=O)N(CCO)Cc1ccccc1. The van der Waals surface area contributed by atoms with Gasteiger partial charge in [0.05, 0.1) is 18.6 Å². The summed E-state index contributed by atoms with van der Waals surface area (Å²) in [5, 5.41) is 12.5. The molecule has 2 rings (SSSR count). The molecule has 2 amide bonds. The van der Waals surface area contributed by atoms with Crippen molar-refractivity contribution in [3.05, 3.63) is 97.1 Å². The van der Waals surface area contributed by atoms with Crippen LogP contribution < -0.4 is 5.32 Å². The zero-order valence-corrected chi connectivity index (χ0v) is 22.1. The van der Waals surface area contributed by atoms with Gasteiger partial charge >= 0.3 is 5.97 Å². The van der Waals surface area contributed by atoms with Crippen LogP contribution in [-0.2, 0) is 32.1 Å². The predicted molar refractivity (Wildman–Crippen MR) is 149 cm³/mol. The molecule has 0 fully saturated rings. The molecule has 0 bridgehead atoms. The highest BCUT2D eigenvalue weighted by Crippen LogP contribution is 2.16. The van der Waals surface area contributed by atoms with Gasteiger partial charge in [0.15, 0.2) is 0 Å². The lowest BCUT2D eigenvalue weighted by Crippen LogP contribution is -2.44. The lowest BCUT2D eigenvalue weighted by molar-refractivity contribution is -0.145. The molecule has 204 valence electrons. The van der Waals surface area contributed by atoms with E-state index < -0.39 is 12.0 Å². The van der Waals surface area contributed by atoms with E-state index in [1.165, 1.54) is 0 Å². The Morgan fingerprint density at radius 3 is 2.24 bits per heavy atom. The number of amides is 2. The standard InChI is InChI=1S/C31H40N2O5/c1-3-5-8-18-30(36)38-24-28(21-25-14-9-6-10-15-25)32-31(37)27(13-4-2)22-29(35)33(19-20-34)23-26-16-11-7-12-17-26/h3-4,6-7,9-12,14-17,27-28,34H,1-2,5,8,13,18-24H2,(H,32,37)/t27-,28-/m1/s1. The van der Waals surface area contributed by atoms with E-state index in [0.29, 0.717) is 25.8 Å². The summed E-state index contributed by atoms with van der Waals surface area (Å²) >= 11 is 0. The largest absolute Gasteiger partial charge is 0.463 e. The first-order valence-electron chi connectivity index (χ1n) is 13.1. The van der Waals surface area contributed by atoms with Crippen LogP contribution in [0.25, 0.3) is 0 Å². The van der Waals surface area contributed by atoms with E-state index in [2.05, 4.69) is 18.5 Å². The van der Waals surface area contributed by atoms with Crippen LogP contribution in [0.3, 0.4) is 0 Å². The van der Waals surface area contributed by atoms with E-state index in [4.69, 9.17) is 4.74 Å². The highest BCUT2D eigenvalue weighted by atomic mass is 16.5. The maximum absolute atomic E-state index is 13.3. The molecule has 2 atom stereocenters. The Morgan fingerprint density at radius 2 is 1.63 bits per heavy atom. The van der Waals surface area contributed by atoms with Crippen molar-refractivity contribution in [2.45, 2.75) is 51.1 Å². The number of esters is 1. The first-order chi connectivity index (χ1) is 18.5. The van der Waals surface area contributed by atoms with Gasteiger partial charge in [-0.3, -0.25) is 14.4 Å². The molecule has 0 unspecified atom stereocenters. The van der Waals surface area contributed by atoms with Crippen molar-refractivity contribution in [1.82, 2.24) is 10.2 Å². The van der Waals surface area contributed by atoms with Crippen LogP contribution in [0.1, 0.15) is 43.2 Å². The van der Waals surface area contributed by atoms with Crippen LogP contribution in [0.4, 0.5) is 0 Å². The van der Waals surface area contributed by atoms with Crippen LogP contribution in [0.15, 0.2) is 86.0 Å². The first kappa shape index (κ1) is 30.5. The number of aliphatic hydroxyl groups is 1. The van der Waals surface area contributed by atoms with E-state index in [1.807, 2.05) is 60.7 Å². The van der Waals surface area contributed by atoms with E-state index in [0.717, 1.165) is 17.5 Å². The van der Waals surface area contributed by atoms with E-state index in [1.54, 1.807) is 17.1 Å². The maximum Gasteiger partial charge on any atom is 0.305 e. The molecular weight excluding hydrogens is 480 g/mol. The van der Waals surface area contributed by atoms with Crippen molar-refractivity contribution in [3.8, 4) is 0 Å². The molecule has 7 nitrogen and oxygen atoms in total. The molecule has 0 aliphatic carbocycles. The van der Waals surface area contributed by atoms with Gasteiger partial charge in [0.1, 0.15) is 6.61 Å². The number of carbonyl (C=O) groups excluding carboxylic acids is 3. The lowest BCUT2D eigenvalue weighted by atomic mass is 9.98. The van der Waals surface area contributed by atoms with Crippen LogP contribution in [0.2, 0.25) is 0 Å². The highest BCUT2D eigenvalue weighted by Gasteiger charge is 2.26. The van der Waals surface area contributed by atoms with Gasteiger partial charge in [-0.2, -0.15) is 0 Å². The number of hydrogen-bond acceptors (Lipinski definition) is 5. The lowest BCUT2D eigenvalue weighted by Gasteiger charge is -2.26. The average Bonchev–Trinajstić information content (AvgIpc) is 2.92. The number of benzene rings is 2.